The molecule has 0 saturated heterocycles. The average molecular weight is 414 g/mol. The summed E-state index contributed by atoms with van der Waals surface area (Å²) in [5.41, 5.74) is 4.82. The van der Waals surface area contributed by atoms with Gasteiger partial charge >= 0.3 is 5.97 Å². The maximum atomic E-state index is 12.3. The molecule has 0 aliphatic rings. The second-order valence-corrected chi connectivity index (χ2v) is 7.50. The molecule has 8 nitrogen and oxygen atoms in total. The van der Waals surface area contributed by atoms with E-state index >= 15 is 0 Å². The monoisotopic (exact) mass is 413 g/mol. The molecule has 0 spiro atoms. The van der Waals surface area contributed by atoms with Crippen molar-refractivity contribution in [3.05, 3.63) is 46.3 Å². The third-order valence-corrected chi connectivity index (χ3v) is 5.18. The number of amides is 1. The van der Waals surface area contributed by atoms with Crippen LogP contribution in [0, 0.1) is 27.7 Å². The lowest BCUT2D eigenvalue weighted by Crippen LogP contribution is -2.23. The van der Waals surface area contributed by atoms with E-state index in [1.54, 1.807) is 4.52 Å². The molecule has 152 valence electrons. The van der Waals surface area contributed by atoms with Crippen molar-refractivity contribution in [2.75, 3.05) is 18.2 Å². The molecule has 0 saturated carbocycles. The fourth-order valence-electron chi connectivity index (χ4n) is 3.06. The zero-order valence-electron chi connectivity index (χ0n) is 17.1. The fourth-order valence-corrected chi connectivity index (χ4v) is 3.40. The predicted molar refractivity (Wildman–Crippen MR) is 111 cm³/mol. The van der Waals surface area contributed by atoms with E-state index in [2.05, 4.69) is 20.4 Å². The van der Waals surface area contributed by atoms with E-state index in [-0.39, 0.29) is 18.9 Å². The molecule has 0 radical (unpaired) electrons. The van der Waals surface area contributed by atoms with Crippen molar-refractivity contribution in [1.82, 2.24) is 19.6 Å². The van der Waals surface area contributed by atoms with Gasteiger partial charge in [0.25, 0.3) is 11.7 Å². The minimum absolute atomic E-state index is 0.00569. The summed E-state index contributed by atoms with van der Waals surface area (Å²) in [7, 11) is 0. The lowest BCUT2D eigenvalue weighted by Gasteiger charge is -2.12. The number of anilines is 1. The van der Waals surface area contributed by atoms with E-state index < -0.39 is 5.97 Å². The van der Waals surface area contributed by atoms with Crippen molar-refractivity contribution in [3.8, 4) is 0 Å². The maximum Gasteiger partial charge on any atom is 0.310 e. The van der Waals surface area contributed by atoms with Gasteiger partial charge < -0.3 is 10.1 Å². The number of hydrogen-bond acceptors (Lipinski definition) is 7. The van der Waals surface area contributed by atoms with E-state index in [0.717, 1.165) is 28.1 Å². The van der Waals surface area contributed by atoms with Gasteiger partial charge in [-0.25, -0.2) is 9.50 Å². The van der Waals surface area contributed by atoms with Gasteiger partial charge in [-0.1, -0.05) is 30.0 Å². The standard InChI is InChI=1S/C20H23N5O3S/c1-11-7-6-8-12(2)18(11)22-16(26)10-28-17(27)9-15-13(3)21-19-23-20(29-5)24-25(19)14(15)4/h6-8H,9-10H2,1-5H3,(H,22,26). The van der Waals surface area contributed by atoms with Gasteiger partial charge in [-0.05, 0) is 45.1 Å². The number of ether oxygens (including phenoxy) is 1. The summed E-state index contributed by atoms with van der Waals surface area (Å²) < 4.78 is 6.80. The minimum atomic E-state index is -0.501. The summed E-state index contributed by atoms with van der Waals surface area (Å²) in [6.45, 7) is 7.15. The normalized spacial score (nSPS) is 10.9. The molecule has 0 atom stereocenters. The molecule has 1 amide bonds. The number of hydrogen-bond donors (Lipinski definition) is 1. The van der Waals surface area contributed by atoms with Crippen molar-refractivity contribution in [2.45, 2.75) is 39.3 Å². The molecule has 9 heteroatoms. The Morgan fingerprint density at radius 1 is 1.14 bits per heavy atom. The van der Waals surface area contributed by atoms with Crippen LogP contribution in [0.25, 0.3) is 5.78 Å². The average Bonchev–Trinajstić information content (AvgIpc) is 3.10. The van der Waals surface area contributed by atoms with Crippen LogP contribution in [0.5, 0.6) is 0 Å². The Bertz CT molecular complexity index is 1070. The molecule has 1 N–H and O–H groups in total. The zero-order valence-corrected chi connectivity index (χ0v) is 17.9. The van der Waals surface area contributed by atoms with Gasteiger partial charge in [-0.15, -0.1) is 5.10 Å². The van der Waals surface area contributed by atoms with Crippen LogP contribution in [-0.2, 0) is 20.7 Å². The summed E-state index contributed by atoms with van der Waals surface area (Å²) in [5.74, 6) is -0.382. The van der Waals surface area contributed by atoms with Crippen molar-refractivity contribution in [2.24, 2.45) is 0 Å². The van der Waals surface area contributed by atoms with Gasteiger partial charge in [0, 0.05) is 22.6 Å². The number of aromatic nitrogens is 4. The number of aryl methyl sites for hydroxylation is 4. The Hall–Kier alpha value is -2.94. The molecule has 3 aromatic rings. The van der Waals surface area contributed by atoms with Crippen LogP contribution in [0.3, 0.4) is 0 Å². The van der Waals surface area contributed by atoms with E-state index in [9.17, 15) is 9.59 Å². The topological polar surface area (TPSA) is 98.5 Å². The molecule has 0 aliphatic heterocycles. The highest BCUT2D eigenvalue weighted by molar-refractivity contribution is 7.98. The van der Waals surface area contributed by atoms with Gasteiger partial charge in [0.15, 0.2) is 6.61 Å². The molecule has 3 rings (SSSR count). The van der Waals surface area contributed by atoms with Crippen molar-refractivity contribution in [3.63, 3.8) is 0 Å². The van der Waals surface area contributed by atoms with E-state index in [0.29, 0.717) is 16.6 Å². The Morgan fingerprint density at radius 3 is 2.48 bits per heavy atom. The number of para-hydroxylation sites is 1. The molecule has 0 unspecified atom stereocenters. The van der Waals surface area contributed by atoms with Crippen LogP contribution in [0.2, 0.25) is 0 Å². The first kappa shape index (κ1) is 20.8. The number of rotatable bonds is 6. The first-order valence-corrected chi connectivity index (χ1v) is 10.3. The van der Waals surface area contributed by atoms with Gasteiger partial charge in [0.1, 0.15) is 0 Å². The van der Waals surface area contributed by atoms with Crippen molar-refractivity contribution < 1.29 is 14.3 Å². The number of esters is 1. The van der Waals surface area contributed by atoms with Crippen LogP contribution in [0.1, 0.15) is 28.1 Å². The molecule has 2 aromatic heterocycles. The summed E-state index contributed by atoms with van der Waals surface area (Å²) in [5, 5.41) is 7.78. The highest BCUT2D eigenvalue weighted by Crippen LogP contribution is 2.20. The number of nitrogens with one attached hydrogen (secondary N) is 1. The van der Waals surface area contributed by atoms with Crippen LogP contribution in [-0.4, -0.2) is 44.3 Å². The van der Waals surface area contributed by atoms with Gasteiger partial charge in [-0.2, -0.15) is 4.98 Å². The van der Waals surface area contributed by atoms with E-state index in [1.165, 1.54) is 11.8 Å². The van der Waals surface area contributed by atoms with Crippen LogP contribution < -0.4 is 5.32 Å². The number of carbonyl (C=O) groups is 2. The largest absolute Gasteiger partial charge is 0.455 e. The lowest BCUT2D eigenvalue weighted by molar-refractivity contribution is -0.146. The Kier molecular flexibility index (Phi) is 6.17. The fraction of sp³-hybridized carbons (Fsp3) is 0.350. The highest BCUT2D eigenvalue weighted by Gasteiger charge is 2.17. The Labute approximate surface area is 173 Å². The quantitative estimate of drug-likeness (QED) is 0.490. The van der Waals surface area contributed by atoms with Gasteiger partial charge in [-0.3, -0.25) is 9.59 Å². The molecule has 1 aromatic carbocycles. The maximum absolute atomic E-state index is 12.3. The molecule has 0 aliphatic carbocycles. The Morgan fingerprint density at radius 2 is 1.83 bits per heavy atom. The summed E-state index contributed by atoms with van der Waals surface area (Å²) >= 11 is 1.42. The van der Waals surface area contributed by atoms with Gasteiger partial charge in [0.2, 0.25) is 5.16 Å². The first-order chi connectivity index (χ1) is 13.8. The number of carbonyl (C=O) groups excluding carboxylic acids is 2. The molecule has 0 bridgehead atoms. The third-order valence-electron chi connectivity index (χ3n) is 4.64. The Balaban J connectivity index is 1.66. The first-order valence-electron chi connectivity index (χ1n) is 9.08. The molecular weight excluding hydrogens is 390 g/mol. The second-order valence-electron chi connectivity index (χ2n) is 6.72. The molecular formula is C20H23N5O3S. The smallest absolute Gasteiger partial charge is 0.310 e. The van der Waals surface area contributed by atoms with Crippen molar-refractivity contribution in [1.29, 1.82) is 0 Å². The van der Waals surface area contributed by atoms with Crippen LogP contribution in [0.15, 0.2) is 23.4 Å². The molecule has 0 fully saturated rings. The van der Waals surface area contributed by atoms with Crippen LogP contribution in [0.4, 0.5) is 5.69 Å². The number of fused-ring (bicyclic) bond motifs is 1. The molecule has 2 heterocycles. The second kappa shape index (κ2) is 8.60. The lowest BCUT2D eigenvalue weighted by atomic mass is 10.1. The summed E-state index contributed by atoms with van der Waals surface area (Å²) in [4.78, 5) is 33.3. The zero-order chi connectivity index (χ0) is 21.1. The number of thioether (sulfide) groups is 1. The predicted octanol–water partition coefficient (Wildman–Crippen LogP) is 2.80. The van der Waals surface area contributed by atoms with E-state index in [4.69, 9.17) is 4.74 Å². The number of nitrogens with zero attached hydrogens (tertiary/aromatic N) is 4. The minimum Gasteiger partial charge on any atom is -0.455 e. The SMILES string of the molecule is CSc1nc2nc(C)c(CC(=O)OCC(=O)Nc3c(C)cccc3C)c(C)n2n1. The molecule has 29 heavy (non-hydrogen) atoms. The van der Waals surface area contributed by atoms with Crippen molar-refractivity contribution >= 4 is 35.1 Å². The number of benzene rings is 1. The highest BCUT2D eigenvalue weighted by atomic mass is 32.2. The summed E-state index contributed by atoms with van der Waals surface area (Å²) in [6, 6.07) is 5.75. The third kappa shape index (κ3) is 4.56. The summed E-state index contributed by atoms with van der Waals surface area (Å²) in [6.07, 6.45) is 1.89. The van der Waals surface area contributed by atoms with E-state index in [1.807, 2.05) is 52.1 Å². The van der Waals surface area contributed by atoms with Gasteiger partial charge in [0.05, 0.1) is 6.42 Å². The van der Waals surface area contributed by atoms with Crippen LogP contribution >= 0.6 is 11.8 Å².